The van der Waals surface area contributed by atoms with Crippen LogP contribution < -0.4 is 11.1 Å². The number of hydrogen-bond donors (Lipinski definition) is 2. The first-order valence-corrected chi connectivity index (χ1v) is 7.01. The molecule has 0 radical (unpaired) electrons. The summed E-state index contributed by atoms with van der Waals surface area (Å²) in [7, 11) is 0. The van der Waals surface area contributed by atoms with Crippen LogP contribution in [0.25, 0.3) is 10.8 Å². The van der Waals surface area contributed by atoms with E-state index in [1.165, 1.54) is 5.56 Å². The summed E-state index contributed by atoms with van der Waals surface area (Å²) in [5, 5.41) is 14.1. The van der Waals surface area contributed by atoms with Gasteiger partial charge >= 0.3 is 0 Å². The number of fused-ring (bicyclic) bond motifs is 1. The van der Waals surface area contributed by atoms with Crippen molar-refractivity contribution in [3.05, 3.63) is 65.4 Å². The van der Waals surface area contributed by atoms with Crippen LogP contribution in [0.1, 0.15) is 16.8 Å². The highest BCUT2D eigenvalue weighted by molar-refractivity contribution is 5.92. The van der Waals surface area contributed by atoms with E-state index in [1.807, 2.05) is 19.1 Å². The summed E-state index contributed by atoms with van der Waals surface area (Å²) in [5.74, 6) is 0.819. The highest BCUT2D eigenvalue weighted by Crippen LogP contribution is 2.22. The van der Waals surface area contributed by atoms with Crippen LogP contribution in [0.5, 0.6) is 0 Å². The zero-order valence-electron chi connectivity index (χ0n) is 12.0. The average molecular weight is 278 g/mol. The van der Waals surface area contributed by atoms with Gasteiger partial charge in [-0.25, -0.2) is 0 Å². The number of aryl methyl sites for hydroxylation is 1. The fourth-order valence-corrected chi connectivity index (χ4v) is 2.35. The first-order chi connectivity index (χ1) is 10.3. The lowest BCUT2D eigenvalue weighted by molar-refractivity contribution is 0.981. The molecule has 0 saturated heterocycles. The minimum absolute atomic E-state index is 0.571. The number of nitrogens with zero attached hydrogens (tertiary/aromatic N) is 2. The van der Waals surface area contributed by atoms with Gasteiger partial charge in [0.05, 0.1) is 5.69 Å². The van der Waals surface area contributed by atoms with Crippen LogP contribution in [-0.4, -0.2) is 10.2 Å². The summed E-state index contributed by atoms with van der Waals surface area (Å²) >= 11 is 0. The van der Waals surface area contributed by atoms with Crippen molar-refractivity contribution in [3.8, 4) is 0 Å². The summed E-state index contributed by atoms with van der Waals surface area (Å²) in [5.41, 5.74) is 8.89. The lowest BCUT2D eigenvalue weighted by Gasteiger charge is -2.09. The second kappa shape index (κ2) is 5.89. The van der Waals surface area contributed by atoms with Crippen LogP contribution >= 0.6 is 0 Å². The van der Waals surface area contributed by atoms with E-state index in [9.17, 15) is 0 Å². The van der Waals surface area contributed by atoms with E-state index in [0.717, 1.165) is 27.8 Å². The Balaban J connectivity index is 1.83. The molecule has 0 fully saturated rings. The number of nitrogens with one attached hydrogen (secondary N) is 1. The molecule has 0 spiro atoms. The summed E-state index contributed by atoms with van der Waals surface area (Å²) < 4.78 is 0. The zero-order chi connectivity index (χ0) is 14.7. The molecule has 0 aliphatic carbocycles. The molecule has 4 heteroatoms. The molecule has 2 aromatic carbocycles. The van der Waals surface area contributed by atoms with Crippen molar-refractivity contribution < 1.29 is 0 Å². The molecule has 1 heterocycles. The number of rotatable bonds is 4. The van der Waals surface area contributed by atoms with Crippen molar-refractivity contribution >= 4 is 16.6 Å². The molecule has 0 saturated carbocycles. The van der Waals surface area contributed by atoms with Gasteiger partial charge in [0.2, 0.25) is 0 Å². The Morgan fingerprint density at radius 1 is 0.905 bits per heavy atom. The molecule has 106 valence electrons. The van der Waals surface area contributed by atoms with Crippen LogP contribution in [0, 0.1) is 6.92 Å². The molecule has 0 unspecified atom stereocenters. The predicted octanol–water partition coefficient (Wildman–Crippen LogP) is 3.01. The highest BCUT2D eigenvalue weighted by atomic mass is 15.2. The van der Waals surface area contributed by atoms with E-state index in [4.69, 9.17) is 5.73 Å². The van der Waals surface area contributed by atoms with Crippen molar-refractivity contribution in [2.45, 2.75) is 20.0 Å². The van der Waals surface area contributed by atoms with Crippen molar-refractivity contribution in [2.24, 2.45) is 5.73 Å². The average Bonchev–Trinajstić information content (AvgIpc) is 2.55. The van der Waals surface area contributed by atoms with Gasteiger partial charge in [0.15, 0.2) is 5.82 Å². The van der Waals surface area contributed by atoms with Gasteiger partial charge in [-0.05, 0) is 18.1 Å². The molecular weight excluding hydrogens is 260 g/mol. The Morgan fingerprint density at radius 3 is 2.29 bits per heavy atom. The second-order valence-corrected chi connectivity index (χ2v) is 5.05. The van der Waals surface area contributed by atoms with Crippen molar-refractivity contribution in [1.82, 2.24) is 10.2 Å². The van der Waals surface area contributed by atoms with Crippen molar-refractivity contribution in [3.63, 3.8) is 0 Å². The Bertz CT molecular complexity index is 750. The standard InChI is InChI=1S/C17H18N4/c1-12-15-4-2-3-5-16(15)17(21-20-12)19-11-14-8-6-13(10-18)7-9-14/h2-9H,10-11,18H2,1H3,(H,19,21). The number of benzene rings is 2. The maximum Gasteiger partial charge on any atom is 0.156 e. The van der Waals surface area contributed by atoms with Crippen LogP contribution in [0.4, 0.5) is 5.82 Å². The molecular formula is C17H18N4. The van der Waals surface area contributed by atoms with Gasteiger partial charge in [-0.15, -0.1) is 5.10 Å². The zero-order valence-corrected chi connectivity index (χ0v) is 12.0. The molecule has 0 aliphatic heterocycles. The summed E-state index contributed by atoms with van der Waals surface area (Å²) in [4.78, 5) is 0. The molecule has 0 amide bonds. The lowest BCUT2D eigenvalue weighted by atomic mass is 10.1. The Labute approximate surface area is 124 Å². The third kappa shape index (κ3) is 2.85. The molecule has 3 rings (SSSR count). The minimum Gasteiger partial charge on any atom is -0.364 e. The molecule has 21 heavy (non-hydrogen) atoms. The molecule has 0 aliphatic rings. The minimum atomic E-state index is 0.571. The maximum absolute atomic E-state index is 5.61. The monoisotopic (exact) mass is 278 g/mol. The van der Waals surface area contributed by atoms with Crippen LogP contribution in [0.3, 0.4) is 0 Å². The predicted molar refractivity (Wildman–Crippen MR) is 85.9 cm³/mol. The number of aromatic nitrogens is 2. The van der Waals surface area contributed by atoms with Gasteiger partial charge in [-0.2, -0.15) is 5.10 Å². The second-order valence-electron chi connectivity index (χ2n) is 5.05. The Morgan fingerprint density at radius 2 is 1.57 bits per heavy atom. The highest BCUT2D eigenvalue weighted by Gasteiger charge is 2.05. The Kier molecular flexibility index (Phi) is 3.79. The normalized spacial score (nSPS) is 10.8. The van der Waals surface area contributed by atoms with Gasteiger partial charge in [0, 0.05) is 23.9 Å². The topological polar surface area (TPSA) is 63.8 Å². The fourth-order valence-electron chi connectivity index (χ4n) is 2.35. The first-order valence-electron chi connectivity index (χ1n) is 7.01. The Hall–Kier alpha value is -2.46. The van der Waals surface area contributed by atoms with E-state index in [-0.39, 0.29) is 0 Å². The van der Waals surface area contributed by atoms with Gasteiger partial charge in [0.25, 0.3) is 0 Å². The number of hydrogen-bond acceptors (Lipinski definition) is 4. The number of anilines is 1. The van der Waals surface area contributed by atoms with E-state index in [2.05, 4.69) is 51.9 Å². The molecule has 1 aromatic heterocycles. The fraction of sp³-hybridized carbons (Fsp3) is 0.176. The van der Waals surface area contributed by atoms with Gasteiger partial charge in [0.1, 0.15) is 0 Å². The quantitative estimate of drug-likeness (QED) is 0.770. The molecule has 0 atom stereocenters. The van der Waals surface area contributed by atoms with Crippen LogP contribution in [0.15, 0.2) is 48.5 Å². The van der Waals surface area contributed by atoms with Crippen molar-refractivity contribution in [1.29, 1.82) is 0 Å². The molecule has 0 bridgehead atoms. The first kappa shape index (κ1) is 13.5. The number of nitrogens with two attached hydrogens (primary N) is 1. The van der Waals surface area contributed by atoms with Crippen LogP contribution in [-0.2, 0) is 13.1 Å². The van der Waals surface area contributed by atoms with E-state index in [1.54, 1.807) is 0 Å². The largest absolute Gasteiger partial charge is 0.364 e. The summed E-state index contributed by atoms with van der Waals surface area (Å²) in [6.45, 7) is 3.26. The maximum atomic E-state index is 5.61. The third-order valence-electron chi connectivity index (χ3n) is 3.59. The van der Waals surface area contributed by atoms with Gasteiger partial charge in [-0.3, -0.25) is 0 Å². The van der Waals surface area contributed by atoms with E-state index >= 15 is 0 Å². The SMILES string of the molecule is Cc1nnc(NCc2ccc(CN)cc2)c2ccccc12. The molecule has 3 aromatic rings. The third-order valence-corrected chi connectivity index (χ3v) is 3.59. The van der Waals surface area contributed by atoms with Crippen LogP contribution in [0.2, 0.25) is 0 Å². The van der Waals surface area contributed by atoms with E-state index < -0.39 is 0 Å². The summed E-state index contributed by atoms with van der Waals surface area (Å²) in [6, 6.07) is 16.4. The van der Waals surface area contributed by atoms with Crippen molar-refractivity contribution in [2.75, 3.05) is 5.32 Å². The molecule has 3 N–H and O–H groups in total. The van der Waals surface area contributed by atoms with E-state index in [0.29, 0.717) is 13.1 Å². The lowest BCUT2D eigenvalue weighted by Crippen LogP contribution is -2.04. The van der Waals surface area contributed by atoms with Gasteiger partial charge < -0.3 is 11.1 Å². The smallest absolute Gasteiger partial charge is 0.156 e. The summed E-state index contributed by atoms with van der Waals surface area (Å²) in [6.07, 6.45) is 0. The van der Waals surface area contributed by atoms with Gasteiger partial charge in [-0.1, -0.05) is 48.5 Å². The molecule has 4 nitrogen and oxygen atoms in total.